The highest BCUT2D eigenvalue weighted by atomic mass is 79.9. The van der Waals surface area contributed by atoms with Gasteiger partial charge in [0.15, 0.2) is 6.61 Å². The summed E-state index contributed by atoms with van der Waals surface area (Å²) in [5.74, 6) is 0.707. The van der Waals surface area contributed by atoms with Crippen LogP contribution < -0.4 is 10.2 Å². The number of hydrogen-bond acceptors (Lipinski definition) is 3. The highest BCUT2D eigenvalue weighted by molar-refractivity contribution is 9.11. The Balaban J connectivity index is 1.63. The predicted molar refractivity (Wildman–Crippen MR) is 122 cm³/mol. The molecule has 0 spiro atoms. The third-order valence-corrected chi connectivity index (χ3v) is 6.17. The molecule has 146 valence electrons. The van der Waals surface area contributed by atoms with E-state index in [4.69, 9.17) is 4.74 Å². The van der Waals surface area contributed by atoms with Crippen molar-refractivity contribution in [3.8, 4) is 5.75 Å². The molecule has 1 aliphatic carbocycles. The first-order chi connectivity index (χ1) is 13.3. The number of halogens is 2. The SMILES string of the molecule is C=C(C)[C@H]1CC=C(C)/C(=N/NC(=O)COc2ccc3cc(Br)ccc3c2Br)C1. The van der Waals surface area contributed by atoms with E-state index in [0.717, 1.165) is 49.4 Å². The van der Waals surface area contributed by atoms with Gasteiger partial charge in [0.25, 0.3) is 5.91 Å². The largest absolute Gasteiger partial charge is 0.483 e. The van der Waals surface area contributed by atoms with Crippen LogP contribution in [0, 0.1) is 5.92 Å². The van der Waals surface area contributed by atoms with Crippen LogP contribution in [0.4, 0.5) is 0 Å². The summed E-state index contributed by atoms with van der Waals surface area (Å²) in [6.07, 6.45) is 3.92. The Bertz CT molecular complexity index is 995. The minimum absolute atomic E-state index is 0.107. The Labute approximate surface area is 182 Å². The number of hydrogen-bond donors (Lipinski definition) is 1. The average Bonchev–Trinajstić information content (AvgIpc) is 2.66. The van der Waals surface area contributed by atoms with Gasteiger partial charge >= 0.3 is 0 Å². The molecule has 4 nitrogen and oxygen atoms in total. The molecule has 0 saturated carbocycles. The fourth-order valence-corrected chi connectivity index (χ4v) is 4.07. The number of hydrazone groups is 1. The van der Waals surface area contributed by atoms with Gasteiger partial charge < -0.3 is 4.74 Å². The monoisotopic (exact) mass is 504 g/mol. The number of benzene rings is 2. The van der Waals surface area contributed by atoms with E-state index < -0.39 is 0 Å². The fourth-order valence-electron chi connectivity index (χ4n) is 3.08. The molecule has 2 aromatic carbocycles. The van der Waals surface area contributed by atoms with E-state index in [1.54, 1.807) is 0 Å². The molecule has 0 heterocycles. The average molecular weight is 506 g/mol. The van der Waals surface area contributed by atoms with Gasteiger partial charge in [-0.25, -0.2) is 5.43 Å². The summed E-state index contributed by atoms with van der Waals surface area (Å²) in [7, 11) is 0. The van der Waals surface area contributed by atoms with Crippen molar-refractivity contribution in [3.63, 3.8) is 0 Å². The van der Waals surface area contributed by atoms with Crippen molar-refractivity contribution in [2.75, 3.05) is 6.61 Å². The van der Waals surface area contributed by atoms with Crippen LogP contribution in [0.5, 0.6) is 5.75 Å². The van der Waals surface area contributed by atoms with Crippen molar-refractivity contribution < 1.29 is 9.53 Å². The zero-order valence-corrected chi connectivity index (χ0v) is 19.1. The number of fused-ring (bicyclic) bond motifs is 1. The van der Waals surface area contributed by atoms with Crippen molar-refractivity contribution >= 4 is 54.3 Å². The number of carbonyl (C=O) groups is 1. The Morgan fingerprint density at radius 2 is 2.11 bits per heavy atom. The standard InChI is InChI=1S/C22H22Br2N2O2/c1-13(2)15-5-4-14(3)19(11-15)25-26-21(27)12-28-20-9-6-16-10-17(23)7-8-18(16)22(20)24/h4,6-10,15H,1,5,11-12H2,2-3H3,(H,26,27)/b25-19+/t15-/m0/s1. The van der Waals surface area contributed by atoms with Crippen LogP contribution in [-0.2, 0) is 4.79 Å². The number of nitrogens with one attached hydrogen (secondary N) is 1. The first kappa shape index (κ1) is 20.8. The van der Waals surface area contributed by atoms with Gasteiger partial charge in [-0.15, -0.1) is 0 Å². The maximum Gasteiger partial charge on any atom is 0.277 e. The van der Waals surface area contributed by atoms with E-state index >= 15 is 0 Å². The summed E-state index contributed by atoms with van der Waals surface area (Å²) in [4.78, 5) is 12.2. The van der Waals surface area contributed by atoms with Crippen molar-refractivity contribution in [2.24, 2.45) is 11.0 Å². The molecular formula is C22H22Br2N2O2. The van der Waals surface area contributed by atoms with Crippen molar-refractivity contribution in [1.29, 1.82) is 0 Å². The second-order valence-corrected chi connectivity index (χ2v) is 8.70. The molecule has 0 saturated heterocycles. The highest BCUT2D eigenvalue weighted by Crippen LogP contribution is 2.34. The first-order valence-corrected chi connectivity index (χ1v) is 10.6. The van der Waals surface area contributed by atoms with Crippen molar-refractivity contribution in [3.05, 3.63) is 63.1 Å². The minimum atomic E-state index is -0.291. The lowest BCUT2D eigenvalue weighted by atomic mass is 9.85. The van der Waals surface area contributed by atoms with Crippen molar-refractivity contribution in [2.45, 2.75) is 26.7 Å². The molecule has 0 radical (unpaired) electrons. The van der Waals surface area contributed by atoms with Gasteiger partial charge in [-0.3, -0.25) is 4.79 Å². The summed E-state index contributed by atoms with van der Waals surface area (Å²) in [5.41, 5.74) is 5.74. The summed E-state index contributed by atoms with van der Waals surface area (Å²) in [5, 5.41) is 6.40. The van der Waals surface area contributed by atoms with Crippen molar-refractivity contribution in [1.82, 2.24) is 5.43 Å². The van der Waals surface area contributed by atoms with Crippen LogP contribution in [-0.4, -0.2) is 18.2 Å². The Hall–Kier alpha value is -1.92. The number of amides is 1. The third-order valence-electron chi connectivity index (χ3n) is 4.86. The maximum atomic E-state index is 12.2. The zero-order chi connectivity index (χ0) is 20.3. The summed E-state index contributed by atoms with van der Waals surface area (Å²) in [6, 6.07) is 9.82. The van der Waals surface area contributed by atoms with Crippen LogP contribution in [0.2, 0.25) is 0 Å². The van der Waals surface area contributed by atoms with E-state index in [2.05, 4.69) is 55.0 Å². The molecule has 0 aliphatic heterocycles. The zero-order valence-electron chi connectivity index (χ0n) is 15.9. The van der Waals surface area contributed by atoms with E-state index in [-0.39, 0.29) is 12.5 Å². The summed E-state index contributed by atoms with van der Waals surface area (Å²) >= 11 is 7.04. The molecule has 0 fully saturated rings. The van der Waals surface area contributed by atoms with Crippen LogP contribution >= 0.6 is 31.9 Å². The molecule has 0 bridgehead atoms. The topological polar surface area (TPSA) is 50.7 Å². The van der Waals surface area contributed by atoms with Gasteiger partial charge in [-0.05, 0) is 83.1 Å². The van der Waals surface area contributed by atoms with Gasteiger partial charge in [-0.1, -0.05) is 46.3 Å². The number of rotatable bonds is 5. The van der Waals surface area contributed by atoms with Crippen LogP contribution in [0.15, 0.2) is 68.2 Å². The normalized spacial score (nSPS) is 18.1. The molecule has 1 amide bonds. The number of allylic oxidation sites excluding steroid dienone is 3. The quantitative estimate of drug-likeness (QED) is 0.391. The molecule has 1 aliphatic rings. The Morgan fingerprint density at radius 3 is 2.86 bits per heavy atom. The van der Waals surface area contributed by atoms with Crippen LogP contribution in [0.3, 0.4) is 0 Å². The molecule has 6 heteroatoms. The van der Waals surface area contributed by atoms with E-state index in [0.29, 0.717) is 11.7 Å². The van der Waals surface area contributed by atoms with E-state index in [9.17, 15) is 4.79 Å². The Kier molecular flexibility index (Phi) is 6.73. The molecule has 1 atom stereocenters. The Morgan fingerprint density at radius 1 is 1.32 bits per heavy atom. The maximum absolute atomic E-state index is 12.2. The van der Waals surface area contributed by atoms with Gasteiger partial charge in [0, 0.05) is 4.47 Å². The summed E-state index contributed by atoms with van der Waals surface area (Å²) < 4.78 is 7.53. The van der Waals surface area contributed by atoms with Crippen LogP contribution in [0.25, 0.3) is 10.8 Å². The number of nitrogens with zero attached hydrogens (tertiary/aromatic N) is 1. The van der Waals surface area contributed by atoms with Crippen LogP contribution in [0.1, 0.15) is 26.7 Å². The van der Waals surface area contributed by atoms with Gasteiger partial charge in [0.2, 0.25) is 0 Å². The molecule has 2 aromatic rings. The molecule has 0 aromatic heterocycles. The van der Waals surface area contributed by atoms with Gasteiger partial charge in [0.05, 0.1) is 10.2 Å². The minimum Gasteiger partial charge on any atom is -0.483 e. The lowest BCUT2D eigenvalue weighted by molar-refractivity contribution is -0.123. The smallest absolute Gasteiger partial charge is 0.277 e. The fraction of sp³-hybridized carbons (Fsp3) is 0.273. The second kappa shape index (κ2) is 9.05. The molecule has 1 N–H and O–H groups in total. The number of carbonyl (C=O) groups excluding carboxylic acids is 1. The first-order valence-electron chi connectivity index (χ1n) is 9.03. The third kappa shape index (κ3) is 4.92. The van der Waals surface area contributed by atoms with Gasteiger partial charge in [-0.2, -0.15) is 5.10 Å². The molecule has 3 rings (SSSR count). The van der Waals surface area contributed by atoms with Gasteiger partial charge in [0.1, 0.15) is 5.75 Å². The predicted octanol–water partition coefficient (Wildman–Crippen LogP) is 6.15. The summed E-state index contributed by atoms with van der Waals surface area (Å²) in [6.45, 7) is 7.97. The molecular weight excluding hydrogens is 484 g/mol. The molecule has 28 heavy (non-hydrogen) atoms. The van der Waals surface area contributed by atoms with E-state index in [1.165, 1.54) is 0 Å². The second-order valence-electron chi connectivity index (χ2n) is 7.00. The lowest BCUT2D eigenvalue weighted by Gasteiger charge is -2.22. The molecule has 0 unspecified atom stereocenters. The number of ether oxygens (including phenoxy) is 1. The lowest BCUT2D eigenvalue weighted by Crippen LogP contribution is -2.27. The highest BCUT2D eigenvalue weighted by Gasteiger charge is 2.19. The van der Waals surface area contributed by atoms with E-state index in [1.807, 2.05) is 44.2 Å².